The molecule has 0 saturated heterocycles. The Labute approximate surface area is 65.8 Å². The normalized spacial score (nSPS) is 47.9. The summed E-state index contributed by atoms with van der Waals surface area (Å²) in [7, 11) is 5.88. The molecule has 0 N–H and O–H groups in total. The van der Waals surface area contributed by atoms with Crippen LogP contribution in [0.3, 0.4) is 0 Å². The first-order chi connectivity index (χ1) is 4.58. The van der Waals surface area contributed by atoms with E-state index in [4.69, 9.17) is 7.85 Å². The largest absolute Gasteiger partial charge is 0.0766 e. The lowest BCUT2D eigenvalue weighted by molar-refractivity contribution is 0.236. The van der Waals surface area contributed by atoms with Gasteiger partial charge in [-0.3, -0.25) is 0 Å². The first-order valence-electron chi connectivity index (χ1n) is 4.34. The molecule has 10 heavy (non-hydrogen) atoms. The maximum Gasteiger partial charge on any atom is 0.0699 e. The minimum atomic E-state index is 0.472. The fourth-order valence-electron chi connectivity index (χ4n) is 2.11. The fourth-order valence-corrected chi connectivity index (χ4v) is 2.11. The van der Waals surface area contributed by atoms with Gasteiger partial charge in [-0.2, -0.15) is 0 Å². The topological polar surface area (TPSA) is 0 Å². The Morgan fingerprint density at radius 1 is 1.60 bits per heavy atom. The Bertz CT molecular complexity index is 122. The molecule has 2 radical (unpaired) electrons. The van der Waals surface area contributed by atoms with Crippen molar-refractivity contribution >= 4 is 7.85 Å². The molecule has 0 aromatic heterocycles. The molecular weight excluding hydrogens is 119 g/mol. The molecule has 3 atom stereocenters. The third-order valence-corrected chi connectivity index (χ3v) is 3.38. The summed E-state index contributed by atoms with van der Waals surface area (Å²) in [5.41, 5.74) is 0.541. The summed E-state index contributed by atoms with van der Waals surface area (Å²) in [6.07, 6.45) is 3.73. The molecule has 0 aromatic rings. The van der Waals surface area contributed by atoms with Gasteiger partial charge in [0.25, 0.3) is 0 Å². The minimum absolute atomic E-state index is 0.472. The Morgan fingerprint density at radius 3 is 2.40 bits per heavy atom. The zero-order chi connectivity index (χ0) is 7.78. The van der Waals surface area contributed by atoms with E-state index in [0.29, 0.717) is 11.2 Å². The van der Waals surface area contributed by atoms with Crippen molar-refractivity contribution in [2.45, 2.75) is 45.9 Å². The maximum atomic E-state index is 5.88. The smallest absolute Gasteiger partial charge is 0.0699 e. The summed E-state index contributed by atoms with van der Waals surface area (Å²) < 4.78 is 0. The average Bonchev–Trinajstić information content (AvgIpc) is 2.09. The highest BCUT2D eigenvalue weighted by Gasteiger charge is 2.37. The van der Waals surface area contributed by atoms with Crippen LogP contribution < -0.4 is 0 Å². The highest BCUT2D eigenvalue weighted by molar-refractivity contribution is 6.11. The van der Waals surface area contributed by atoms with Crippen molar-refractivity contribution in [3.05, 3.63) is 0 Å². The number of hydrogen-bond donors (Lipinski definition) is 0. The van der Waals surface area contributed by atoms with Gasteiger partial charge < -0.3 is 0 Å². The van der Waals surface area contributed by atoms with Crippen molar-refractivity contribution in [2.24, 2.45) is 11.3 Å². The first-order valence-corrected chi connectivity index (χ1v) is 4.34. The van der Waals surface area contributed by atoms with E-state index in [1.165, 1.54) is 19.3 Å². The third kappa shape index (κ3) is 1.23. The van der Waals surface area contributed by atoms with Gasteiger partial charge >= 0.3 is 0 Å². The molecule has 56 valence electrons. The van der Waals surface area contributed by atoms with Crippen molar-refractivity contribution in [1.82, 2.24) is 0 Å². The van der Waals surface area contributed by atoms with Gasteiger partial charge in [0.1, 0.15) is 0 Å². The maximum absolute atomic E-state index is 5.88. The van der Waals surface area contributed by atoms with Crippen LogP contribution >= 0.6 is 0 Å². The molecule has 0 nitrogen and oxygen atoms in total. The van der Waals surface area contributed by atoms with Crippen LogP contribution in [0.1, 0.15) is 40.0 Å². The summed E-state index contributed by atoms with van der Waals surface area (Å²) in [4.78, 5) is 0. The second kappa shape index (κ2) is 2.60. The van der Waals surface area contributed by atoms with E-state index in [2.05, 4.69) is 20.8 Å². The Morgan fingerprint density at radius 2 is 2.20 bits per heavy atom. The van der Waals surface area contributed by atoms with Crippen molar-refractivity contribution < 1.29 is 0 Å². The molecule has 1 heteroatoms. The summed E-state index contributed by atoms with van der Waals surface area (Å²) in [6, 6.07) is 0. The molecular formula is C9H17B. The number of hydrogen-bond acceptors (Lipinski definition) is 0. The molecule has 0 amide bonds. The summed E-state index contributed by atoms with van der Waals surface area (Å²) in [5, 5.41) is 0. The molecule has 1 rings (SSSR count). The van der Waals surface area contributed by atoms with Crippen LogP contribution in [0.15, 0.2) is 0 Å². The Hall–Kier alpha value is 0.0649. The zero-order valence-corrected chi connectivity index (χ0v) is 7.35. The molecule has 0 spiro atoms. The molecule has 1 aliphatic rings. The van der Waals surface area contributed by atoms with Gasteiger partial charge in [0.15, 0.2) is 0 Å². The van der Waals surface area contributed by atoms with Crippen molar-refractivity contribution in [3.8, 4) is 0 Å². The van der Waals surface area contributed by atoms with Crippen LogP contribution in [0.4, 0.5) is 0 Å². The highest BCUT2D eigenvalue weighted by Crippen LogP contribution is 2.49. The standard InChI is InChI=1S/C9H17B/c1-4-9(3)6-8(10)5-7(9)2/h7-8H,4-6H2,1-3H3/t7-,8-,9-/m0/s1. The first kappa shape index (κ1) is 8.16. The molecule has 0 heterocycles. The SMILES string of the molecule is [B][C@H]1C[C@H](C)[C@@](C)(CC)C1. The van der Waals surface area contributed by atoms with Gasteiger partial charge in [0.2, 0.25) is 0 Å². The predicted molar refractivity (Wildman–Crippen MR) is 46.3 cm³/mol. The summed E-state index contributed by atoms with van der Waals surface area (Å²) in [5.74, 6) is 1.30. The van der Waals surface area contributed by atoms with Gasteiger partial charge in [-0.15, -0.1) is 0 Å². The van der Waals surface area contributed by atoms with E-state index in [9.17, 15) is 0 Å². The van der Waals surface area contributed by atoms with Gasteiger partial charge in [-0.25, -0.2) is 0 Å². The van der Waals surface area contributed by atoms with Gasteiger partial charge in [0.05, 0.1) is 7.85 Å². The lowest BCUT2D eigenvalue weighted by Crippen LogP contribution is -2.17. The van der Waals surface area contributed by atoms with E-state index in [1.807, 2.05) is 0 Å². The van der Waals surface area contributed by atoms with Crippen LogP contribution in [0, 0.1) is 11.3 Å². The zero-order valence-electron chi connectivity index (χ0n) is 7.35. The molecule has 0 aromatic carbocycles. The van der Waals surface area contributed by atoms with Crippen LogP contribution in [0.2, 0.25) is 5.82 Å². The predicted octanol–water partition coefficient (Wildman–Crippen LogP) is 2.79. The lowest BCUT2D eigenvalue weighted by Gasteiger charge is -2.27. The van der Waals surface area contributed by atoms with Crippen molar-refractivity contribution in [2.75, 3.05) is 0 Å². The van der Waals surface area contributed by atoms with Crippen LogP contribution in [-0.2, 0) is 0 Å². The Kier molecular flexibility index (Phi) is 2.12. The molecule has 0 aliphatic heterocycles. The highest BCUT2D eigenvalue weighted by atomic mass is 14.4. The average molecular weight is 136 g/mol. The molecule has 0 bridgehead atoms. The molecule has 1 aliphatic carbocycles. The minimum Gasteiger partial charge on any atom is -0.0766 e. The van der Waals surface area contributed by atoms with Gasteiger partial charge in [-0.05, 0) is 11.3 Å². The van der Waals surface area contributed by atoms with E-state index in [0.717, 1.165) is 5.92 Å². The van der Waals surface area contributed by atoms with Gasteiger partial charge in [0, 0.05) is 0 Å². The molecule has 1 fully saturated rings. The van der Waals surface area contributed by atoms with E-state index >= 15 is 0 Å². The second-order valence-electron chi connectivity index (χ2n) is 4.11. The van der Waals surface area contributed by atoms with Gasteiger partial charge in [-0.1, -0.05) is 45.9 Å². The Balaban J connectivity index is 2.61. The summed E-state index contributed by atoms with van der Waals surface area (Å²) >= 11 is 0. The molecule has 0 unspecified atom stereocenters. The third-order valence-electron chi connectivity index (χ3n) is 3.38. The lowest BCUT2D eigenvalue weighted by atomic mass is 9.77. The van der Waals surface area contributed by atoms with Crippen LogP contribution in [0.25, 0.3) is 0 Å². The van der Waals surface area contributed by atoms with Crippen LogP contribution in [0.5, 0.6) is 0 Å². The fraction of sp³-hybridized carbons (Fsp3) is 1.00. The second-order valence-corrected chi connectivity index (χ2v) is 4.11. The van der Waals surface area contributed by atoms with E-state index in [-0.39, 0.29) is 0 Å². The monoisotopic (exact) mass is 136 g/mol. The molecule has 1 saturated carbocycles. The van der Waals surface area contributed by atoms with E-state index in [1.54, 1.807) is 0 Å². The quantitative estimate of drug-likeness (QED) is 0.486. The van der Waals surface area contributed by atoms with E-state index < -0.39 is 0 Å². The number of rotatable bonds is 1. The summed E-state index contributed by atoms with van der Waals surface area (Å²) in [6.45, 7) is 6.97. The van der Waals surface area contributed by atoms with Crippen LogP contribution in [-0.4, -0.2) is 7.85 Å². The van der Waals surface area contributed by atoms with Crippen molar-refractivity contribution in [1.29, 1.82) is 0 Å². The van der Waals surface area contributed by atoms with Crippen molar-refractivity contribution in [3.63, 3.8) is 0 Å².